The fourth-order valence-corrected chi connectivity index (χ4v) is 1.56. The largest absolute Gasteiger partial charge is 0.503 e. The lowest BCUT2D eigenvalue weighted by atomic mass is 10.1. The van der Waals surface area contributed by atoms with Gasteiger partial charge in [-0.3, -0.25) is 0 Å². The Kier molecular flexibility index (Phi) is 5.97. The predicted molar refractivity (Wildman–Crippen MR) is 65.6 cm³/mol. The van der Waals surface area contributed by atoms with Gasteiger partial charge in [0.25, 0.3) is 0 Å². The van der Waals surface area contributed by atoms with Crippen LogP contribution in [0, 0.1) is 0 Å². The van der Waals surface area contributed by atoms with Crippen LogP contribution in [-0.2, 0) is 0 Å². The molecule has 0 bridgehead atoms. The summed E-state index contributed by atoms with van der Waals surface area (Å²) in [4.78, 5) is 0. The smallest absolute Gasteiger partial charge is 0.172 e. The van der Waals surface area contributed by atoms with E-state index in [1.54, 1.807) is 12.1 Å². The highest BCUT2D eigenvalue weighted by Gasteiger charge is 2.11. The summed E-state index contributed by atoms with van der Waals surface area (Å²) in [6.07, 6.45) is 0. The van der Waals surface area contributed by atoms with E-state index in [-0.39, 0.29) is 24.2 Å². The molecule has 0 radical (unpaired) electrons. The van der Waals surface area contributed by atoms with Gasteiger partial charge in [-0.2, -0.15) is 0 Å². The van der Waals surface area contributed by atoms with Crippen molar-refractivity contribution >= 4 is 28.3 Å². The first-order chi connectivity index (χ1) is 6.60. The SMILES string of the molecule is COc1cc([C@H](N)CN)cc(Br)c1O.Cl. The van der Waals surface area contributed by atoms with Crippen LogP contribution in [-0.4, -0.2) is 18.8 Å². The van der Waals surface area contributed by atoms with Crippen LogP contribution in [0.5, 0.6) is 11.5 Å². The van der Waals surface area contributed by atoms with Gasteiger partial charge in [0.15, 0.2) is 11.5 Å². The van der Waals surface area contributed by atoms with Gasteiger partial charge in [0, 0.05) is 12.6 Å². The molecule has 0 aliphatic carbocycles. The molecule has 4 nitrogen and oxygen atoms in total. The van der Waals surface area contributed by atoms with Crippen molar-refractivity contribution < 1.29 is 9.84 Å². The van der Waals surface area contributed by atoms with Crippen LogP contribution in [0.15, 0.2) is 16.6 Å². The Morgan fingerprint density at radius 3 is 2.60 bits per heavy atom. The molecule has 0 amide bonds. The third kappa shape index (κ3) is 3.24. The molecule has 6 heteroatoms. The third-order valence-corrected chi connectivity index (χ3v) is 2.56. The van der Waals surface area contributed by atoms with E-state index in [1.807, 2.05) is 0 Å². The second kappa shape index (κ2) is 6.17. The maximum absolute atomic E-state index is 9.53. The van der Waals surface area contributed by atoms with Crippen LogP contribution < -0.4 is 16.2 Å². The fourth-order valence-electron chi connectivity index (χ4n) is 1.10. The van der Waals surface area contributed by atoms with Crippen molar-refractivity contribution in [2.24, 2.45) is 11.5 Å². The van der Waals surface area contributed by atoms with E-state index in [9.17, 15) is 5.11 Å². The minimum atomic E-state index is -0.249. The Labute approximate surface area is 103 Å². The van der Waals surface area contributed by atoms with Gasteiger partial charge in [0.2, 0.25) is 0 Å². The fraction of sp³-hybridized carbons (Fsp3) is 0.333. The van der Waals surface area contributed by atoms with E-state index in [2.05, 4.69) is 15.9 Å². The van der Waals surface area contributed by atoms with Gasteiger partial charge >= 0.3 is 0 Å². The maximum Gasteiger partial charge on any atom is 0.172 e. The van der Waals surface area contributed by atoms with Crippen LogP contribution in [0.25, 0.3) is 0 Å². The highest BCUT2D eigenvalue weighted by molar-refractivity contribution is 9.10. The summed E-state index contributed by atoms with van der Waals surface area (Å²) in [5.41, 5.74) is 12.0. The molecule has 0 aliphatic rings. The normalized spacial score (nSPS) is 11.7. The summed E-state index contributed by atoms with van der Waals surface area (Å²) in [5.74, 6) is 0.457. The van der Waals surface area contributed by atoms with E-state index in [0.717, 1.165) is 5.56 Å². The second-order valence-corrected chi connectivity index (χ2v) is 3.75. The first-order valence-corrected chi connectivity index (χ1v) is 4.91. The van der Waals surface area contributed by atoms with Gasteiger partial charge in [-0.25, -0.2) is 0 Å². The van der Waals surface area contributed by atoms with Gasteiger partial charge in [0.05, 0.1) is 11.6 Å². The summed E-state index contributed by atoms with van der Waals surface area (Å²) in [5, 5.41) is 9.53. The van der Waals surface area contributed by atoms with E-state index in [1.165, 1.54) is 7.11 Å². The number of halogens is 2. The molecule has 86 valence electrons. The van der Waals surface area contributed by atoms with Crippen LogP contribution >= 0.6 is 28.3 Å². The molecular formula is C9H14BrClN2O2. The molecule has 0 aromatic heterocycles. The lowest BCUT2D eigenvalue weighted by Crippen LogP contribution is -2.20. The molecular weight excluding hydrogens is 283 g/mol. The first kappa shape index (κ1) is 14.5. The van der Waals surface area contributed by atoms with Crippen LogP contribution in [0.2, 0.25) is 0 Å². The summed E-state index contributed by atoms with van der Waals surface area (Å²) in [7, 11) is 1.49. The van der Waals surface area contributed by atoms with Crippen molar-refractivity contribution in [1.29, 1.82) is 0 Å². The molecule has 0 unspecified atom stereocenters. The van der Waals surface area contributed by atoms with Gasteiger partial charge in [0.1, 0.15) is 0 Å². The molecule has 1 aromatic carbocycles. The van der Waals surface area contributed by atoms with Gasteiger partial charge in [-0.05, 0) is 33.6 Å². The average molecular weight is 298 g/mol. The number of rotatable bonds is 3. The highest BCUT2D eigenvalue weighted by Crippen LogP contribution is 2.36. The number of hydrogen-bond acceptors (Lipinski definition) is 4. The Morgan fingerprint density at radius 1 is 1.53 bits per heavy atom. The Balaban J connectivity index is 0.00000196. The van der Waals surface area contributed by atoms with Gasteiger partial charge < -0.3 is 21.3 Å². The lowest BCUT2D eigenvalue weighted by Gasteiger charge is -2.12. The van der Waals surface area contributed by atoms with Crippen LogP contribution in [0.1, 0.15) is 11.6 Å². The highest BCUT2D eigenvalue weighted by atomic mass is 79.9. The van der Waals surface area contributed by atoms with Crippen molar-refractivity contribution in [3.63, 3.8) is 0 Å². The van der Waals surface area contributed by atoms with Crippen LogP contribution in [0.3, 0.4) is 0 Å². The molecule has 0 saturated carbocycles. The molecule has 5 N–H and O–H groups in total. The summed E-state index contributed by atoms with van der Waals surface area (Å²) >= 11 is 3.21. The van der Waals surface area contributed by atoms with Gasteiger partial charge in [-0.15, -0.1) is 12.4 Å². The zero-order chi connectivity index (χ0) is 10.7. The number of phenolic OH excluding ortho intramolecular Hbond substituents is 1. The molecule has 0 saturated heterocycles. The molecule has 1 atom stereocenters. The Morgan fingerprint density at radius 2 is 2.13 bits per heavy atom. The van der Waals surface area contributed by atoms with E-state index >= 15 is 0 Å². The summed E-state index contributed by atoms with van der Waals surface area (Å²) in [6, 6.07) is 3.16. The third-order valence-electron chi connectivity index (χ3n) is 1.95. The van der Waals surface area contributed by atoms with Crippen molar-refractivity contribution in [2.75, 3.05) is 13.7 Å². The predicted octanol–water partition coefficient (Wildman–Crippen LogP) is 1.54. The number of aromatic hydroxyl groups is 1. The second-order valence-electron chi connectivity index (χ2n) is 2.90. The number of hydrogen-bond donors (Lipinski definition) is 3. The molecule has 1 aromatic rings. The van der Waals surface area contributed by atoms with Crippen molar-refractivity contribution in [3.05, 3.63) is 22.2 Å². The minimum absolute atomic E-state index is 0. The van der Waals surface area contributed by atoms with E-state index < -0.39 is 0 Å². The molecule has 15 heavy (non-hydrogen) atoms. The minimum Gasteiger partial charge on any atom is -0.503 e. The Hall–Kier alpha value is -0.490. The molecule has 1 rings (SSSR count). The standard InChI is InChI=1S/C9H13BrN2O2.ClH/c1-14-8-3-5(7(12)4-11)2-6(10)9(8)13;/h2-3,7,13H,4,11-12H2,1H3;1H/t7-;/m1./s1. The van der Waals surface area contributed by atoms with Gasteiger partial charge in [-0.1, -0.05) is 0 Å². The topological polar surface area (TPSA) is 81.5 Å². The zero-order valence-corrected chi connectivity index (χ0v) is 10.6. The molecule has 0 aliphatic heterocycles. The number of methoxy groups -OCH3 is 1. The number of ether oxygens (including phenoxy) is 1. The Bertz CT molecular complexity index is 336. The van der Waals surface area contributed by atoms with Crippen molar-refractivity contribution in [1.82, 2.24) is 0 Å². The first-order valence-electron chi connectivity index (χ1n) is 4.12. The van der Waals surface area contributed by atoms with Crippen LogP contribution in [0.4, 0.5) is 0 Å². The molecule has 0 heterocycles. The lowest BCUT2D eigenvalue weighted by molar-refractivity contribution is 0.371. The molecule has 0 fully saturated rings. The van der Waals surface area contributed by atoms with Crippen molar-refractivity contribution in [2.45, 2.75) is 6.04 Å². The quantitative estimate of drug-likeness (QED) is 0.790. The van der Waals surface area contributed by atoms with Crippen molar-refractivity contribution in [3.8, 4) is 11.5 Å². The summed E-state index contributed by atoms with van der Waals surface area (Å²) < 4.78 is 5.54. The molecule has 0 spiro atoms. The monoisotopic (exact) mass is 296 g/mol. The summed E-state index contributed by atoms with van der Waals surface area (Å²) in [6.45, 7) is 0.348. The number of nitrogens with two attached hydrogens (primary N) is 2. The zero-order valence-electron chi connectivity index (χ0n) is 8.24. The number of benzene rings is 1. The average Bonchev–Trinajstić information content (AvgIpc) is 2.20. The maximum atomic E-state index is 9.53. The van der Waals surface area contributed by atoms with E-state index in [4.69, 9.17) is 16.2 Å². The number of phenols is 1. The van der Waals surface area contributed by atoms with E-state index in [0.29, 0.717) is 16.8 Å².